The zero-order chi connectivity index (χ0) is 31.0. The molecule has 0 bridgehead atoms. The Balaban J connectivity index is 2.06. The van der Waals surface area contributed by atoms with E-state index < -0.39 is 28.5 Å². The third-order valence-electron chi connectivity index (χ3n) is 6.32. The van der Waals surface area contributed by atoms with Crippen molar-refractivity contribution in [2.24, 2.45) is 0 Å². The summed E-state index contributed by atoms with van der Waals surface area (Å²) in [5.74, 6) is -0.413. The predicted octanol–water partition coefficient (Wildman–Crippen LogP) is 6.25. The predicted molar refractivity (Wildman–Crippen MR) is 170 cm³/mol. The van der Waals surface area contributed by atoms with Gasteiger partial charge in [0.05, 0.1) is 17.2 Å². The van der Waals surface area contributed by atoms with E-state index in [2.05, 4.69) is 5.32 Å². The second-order valence-electron chi connectivity index (χ2n) is 9.71. The monoisotopic (exact) mass is 651 g/mol. The number of ether oxygens (including phenoxy) is 1. The Kier molecular flexibility index (Phi) is 12.0. The summed E-state index contributed by atoms with van der Waals surface area (Å²) in [6.45, 7) is 6.91. The molecule has 3 aromatic rings. The summed E-state index contributed by atoms with van der Waals surface area (Å²) < 4.78 is 34.6. The van der Waals surface area contributed by atoms with E-state index in [-0.39, 0.29) is 29.1 Å². The van der Waals surface area contributed by atoms with Gasteiger partial charge in [0.1, 0.15) is 18.3 Å². The molecular formula is C30H35Cl2N3O5S2. The number of nitrogens with zero attached hydrogens (tertiary/aromatic N) is 2. The molecule has 1 atom stereocenters. The van der Waals surface area contributed by atoms with Crippen LogP contribution in [-0.4, -0.2) is 56.6 Å². The van der Waals surface area contributed by atoms with Crippen LogP contribution in [-0.2, 0) is 26.2 Å². The van der Waals surface area contributed by atoms with Gasteiger partial charge in [-0.2, -0.15) is 0 Å². The van der Waals surface area contributed by atoms with Crippen LogP contribution in [0.3, 0.4) is 0 Å². The number of rotatable bonds is 13. The molecule has 42 heavy (non-hydrogen) atoms. The van der Waals surface area contributed by atoms with Crippen LogP contribution in [0.1, 0.15) is 33.3 Å². The summed E-state index contributed by atoms with van der Waals surface area (Å²) in [7, 11) is -4.19. The van der Waals surface area contributed by atoms with Crippen molar-refractivity contribution < 1.29 is 22.7 Å². The van der Waals surface area contributed by atoms with Gasteiger partial charge in [0.2, 0.25) is 11.8 Å². The average molecular weight is 653 g/mol. The third kappa shape index (κ3) is 8.56. The highest BCUT2D eigenvalue weighted by atomic mass is 35.5. The maximum absolute atomic E-state index is 14.0. The number of carbonyl (C=O) groups is 2. The molecule has 0 saturated heterocycles. The van der Waals surface area contributed by atoms with E-state index in [9.17, 15) is 18.0 Å². The molecule has 0 spiro atoms. The molecule has 12 heteroatoms. The minimum absolute atomic E-state index is 0.0277. The summed E-state index contributed by atoms with van der Waals surface area (Å²) in [6.07, 6.45) is 1.90. The van der Waals surface area contributed by atoms with Gasteiger partial charge >= 0.3 is 0 Å². The number of anilines is 1. The van der Waals surface area contributed by atoms with E-state index in [4.69, 9.17) is 27.9 Å². The number of amides is 2. The standard InChI is InChI=1S/C30H35Cl2N3O5S2/c1-6-40-25-11-9-24(10-12-25)35(42(38,39)27-15-13-26(41-5)14-16-27)19-29(36)34(21(4)30(37)33-20(2)3)18-22-7-8-23(31)17-28(22)32/h7-17,20-21H,6,18-19H2,1-5H3,(H,33,37). The number of hydrogen-bond acceptors (Lipinski definition) is 6. The number of carbonyl (C=O) groups excluding carboxylic acids is 2. The van der Waals surface area contributed by atoms with Crippen LogP contribution in [0, 0.1) is 0 Å². The molecule has 3 rings (SSSR count). The Labute approximate surface area is 262 Å². The Hall–Kier alpha value is -2.92. The first-order valence-electron chi connectivity index (χ1n) is 13.3. The van der Waals surface area contributed by atoms with Crippen LogP contribution in [0.15, 0.2) is 76.5 Å². The molecule has 1 N–H and O–H groups in total. The Bertz CT molecular complexity index is 1480. The molecule has 1 unspecified atom stereocenters. The molecule has 226 valence electrons. The van der Waals surface area contributed by atoms with Gasteiger partial charge in [-0.1, -0.05) is 29.3 Å². The van der Waals surface area contributed by atoms with Gasteiger partial charge in [0.15, 0.2) is 0 Å². The van der Waals surface area contributed by atoms with Gasteiger partial charge in [-0.15, -0.1) is 11.8 Å². The zero-order valence-electron chi connectivity index (χ0n) is 24.1. The van der Waals surface area contributed by atoms with Crippen molar-refractivity contribution in [1.29, 1.82) is 0 Å². The van der Waals surface area contributed by atoms with Crippen LogP contribution in [0.5, 0.6) is 5.75 Å². The minimum atomic E-state index is -4.19. The smallest absolute Gasteiger partial charge is 0.264 e. The lowest BCUT2D eigenvalue weighted by Gasteiger charge is -2.32. The van der Waals surface area contributed by atoms with Crippen LogP contribution < -0.4 is 14.4 Å². The first-order chi connectivity index (χ1) is 19.9. The van der Waals surface area contributed by atoms with Crippen molar-refractivity contribution in [3.8, 4) is 5.75 Å². The average Bonchev–Trinajstić information content (AvgIpc) is 2.95. The number of thioether (sulfide) groups is 1. The van der Waals surface area contributed by atoms with Gasteiger partial charge in [0, 0.05) is 27.5 Å². The zero-order valence-corrected chi connectivity index (χ0v) is 27.3. The number of nitrogens with one attached hydrogen (secondary N) is 1. The number of hydrogen-bond donors (Lipinski definition) is 1. The lowest BCUT2D eigenvalue weighted by molar-refractivity contribution is -0.139. The largest absolute Gasteiger partial charge is 0.494 e. The molecule has 0 heterocycles. The van der Waals surface area contributed by atoms with Gasteiger partial charge in [0.25, 0.3) is 10.0 Å². The topological polar surface area (TPSA) is 96.0 Å². The normalized spacial score (nSPS) is 12.1. The van der Waals surface area contributed by atoms with E-state index in [0.717, 1.165) is 9.20 Å². The maximum atomic E-state index is 14.0. The molecule has 3 aromatic carbocycles. The van der Waals surface area contributed by atoms with Crippen LogP contribution >= 0.6 is 35.0 Å². The van der Waals surface area contributed by atoms with Crippen molar-refractivity contribution in [3.05, 3.63) is 82.3 Å². The van der Waals surface area contributed by atoms with E-state index >= 15 is 0 Å². The summed E-state index contributed by atoms with van der Waals surface area (Å²) >= 11 is 14.0. The molecule has 0 radical (unpaired) electrons. The fraction of sp³-hybridized carbons (Fsp3) is 0.333. The quantitative estimate of drug-likeness (QED) is 0.220. The van der Waals surface area contributed by atoms with Crippen molar-refractivity contribution in [1.82, 2.24) is 10.2 Å². The second kappa shape index (κ2) is 15.0. The Morgan fingerprint density at radius 2 is 1.62 bits per heavy atom. The minimum Gasteiger partial charge on any atom is -0.494 e. The summed E-state index contributed by atoms with van der Waals surface area (Å²) in [5, 5.41) is 3.57. The highest BCUT2D eigenvalue weighted by Gasteiger charge is 2.33. The van der Waals surface area contributed by atoms with Gasteiger partial charge in [-0.3, -0.25) is 13.9 Å². The lowest BCUT2D eigenvalue weighted by atomic mass is 10.1. The van der Waals surface area contributed by atoms with Crippen LogP contribution in [0.4, 0.5) is 5.69 Å². The molecule has 0 aliphatic rings. The molecule has 8 nitrogen and oxygen atoms in total. The second-order valence-corrected chi connectivity index (χ2v) is 13.3. The molecule has 0 saturated carbocycles. The van der Waals surface area contributed by atoms with Gasteiger partial charge in [-0.25, -0.2) is 8.42 Å². The molecular weight excluding hydrogens is 617 g/mol. The van der Waals surface area contributed by atoms with E-state index in [1.165, 1.54) is 28.8 Å². The maximum Gasteiger partial charge on any atom is 0.264 e. The van der Waals surface area contributed by atoms with E-state index in [1.807, 2.05) is 27.0 Å². The summed E-state index contributed by atoms with van der Waals surface area (Å²) in [5.41, 5.74) is 0.825. The molecule has 0 aliphatic carbocycles. The number of sulfonamides is 1. The third-order valence-corrected chi connectivity index (χ3v) is 9.43. The Morgan fingerprint density at radius 1 is 0.976 bits per heavy atom. The summed E-state index contributed by atoms with van der Waals surface area (Å²) in [4.78, 5) is 29.3. The highest BCUT2D eigenvalue weighted by molar-refractivity contribution is 7.98. The first-order valence-corrected chi connectivity index (χ1v) is 16.7. The van der Waals surface area contributed by atoms with Crippen LogP contribution in [0.25, 0.3) is 0 Å². The SMILES string of the molecule is CCOc1ccc(N(CC(=O)N(Cc2ccc(Cl)cc2Cl)C(C)C(=O)NC(C)C)S(=O)(=O)c2ccc(SC)cc2)cc1. The molecule has 2 amide bonds. The van der Waals surface area contributed by atoms with Crippen LogP contribution in [0.2, 0.25) is 10.0 Å². The molecule has 0 fully saturated rings. The highest BCUT2D eigenvalue weighted by Crippen LogP contribution is 2.29. The fourth-order valence-corrected chi connectivity index (χ4v) is 6.39. The van der Waals surface area contributed by atoms with Crippen molar-refractivity contribution in [2.75, 3.05) is 23.7 Å². The Morgan fingerprint density at radius 3 is 2.17 bits per heavy atom. The van der Waals surface area contributed by atoms with Crippen molar-refractivity contribution in [3.63, 3.8) is 0 Å². The van der Waals surface area contributed by atoms with E-state index in [1.54, 1.807) is 61.5 Å². The first kappa shape index (κ1) is 33.6. The van der Waals surface area contributed by atoms with Gasteiger partial charge in [-0.05, 0) is 100 Å². The van der Waals surface area contributed by atoms with Crippen molar-refractivity contribution >= 4 is 62.5 Å². The molecule has 0 aliphatic heterocycles. The number of halogens is 2. The van der Waals surface area contributed by atoms with Crippen molar-refractivity contribution in [2.45, 2.75) is 56.1 Å². The number of benzene rings is 3. The molecule has 0 aromatic heterocycles. The van der Waals surface area contributed by atoms with E-state index in [0.29, 0.717) is 28.0 Å². The lowest BCUT2D eigenvalue weighted by Crippen LogP contribution is -2.52. The van der Waals surface area contributed by atoms with Gasteiger partial charge < -0.3 is 15.0 Å². The fourth-order valence-electron chi connectivity index (χ4n) is 4.10. The summed E-state index contributed by atoms with van der Waals surface area (Å²) in [6, 6.07) is 16.7.